The Morgan fingerprint density at radius 1 is 0.857 bits per heavy atom. The fraction of sp³-hybridized carbons (Fsp3) is 0.0500. The summed E-state index contributed by atoms with van der Waals surface area (Å²) in [5.41, 5.74) is 16.3. The van der Waals surface area contributed by atoms with Crippen LogP contribution in [0.1, 0.15) is 5.69 Å². The van der Waals surface area contributed by atoms with Crippen LogP contribution in [0.3, 0.4) is 0 Å². The molecule has 0 aliphatic carbocycles. The van der Waals surface area contributed by atoms with E-state index in [2.05, 4.69) is 19.9 Å². The molecule has 4 aromatic rings. The molecule has 4 heterocycles. The predicted molar refractivity (Wildman–Crippen MR) is 110 cm³/mol. The Morgan fingerprint density at radius 3 is 2.57 bits per heavy atom. The van der Waals surface area contributed by atoms with Crippen LogP contribution >= 0.6 is 0 Å². The number of fused-ring (bicyclic) bond motifs is 2. The zero-order chi connectivity index (χ0) is 19.1. The second-order valence-electron chi connectivity index (χ2n) is 6.35. The number of rotatable bonds is 2. The molecule has 28 heavy (non-hydrogen) atoms. The lowest BCUT2D eigenvalue weighted by molar-refractivity contribution is 1.01. The van der Waals surface area contributed by atoms with Gasteiger partial charge in [0.1, 0.15) is 17.0 Å². The summed E-state index contributed by atoms with van der Waals surface area (Å²) in [6, 6.07) is 13.6. The van der Waals surface area contributed by atoms with Gasteiger partial charge in [-0.15, -0.1) is 0 Å². The molecule has 0 saturated heterocycles. The molecule has 0 amide bonds. The van der Waals surface area contributed by atoms with E-state index in [4.69, 9.17) is 16.5 Å². The average Bonchev–Trinajstić information content (AvgIpc) is 2.73. The third-order valence-electron chi connectivity index (χ3n) is 4.54. The normalized spacial score (nSPS) is 12.9. The van der Waals surface area contributed by atoms with Crippen molar-refractivity contribution in [1.82, 2.24) is 24.9 Å². The molecule has 1 aromatic carbocycles. The Labute approximate surface area is 160 Å². The maximum absolute atomic E-state index is 5.92. The first-order valence-corrected chi connectivity index (χ1v) is 8.75. The highest BCUT2D eigenvalue weighted by Crippen LogP contribution is 2.33. The summed E-state index contributed by atoms with van der Waals surface area (Å²) in [6.45, 7) is 0.648. The number of nitrogen functional groups attached to an aromatic ring is 2. The van der Waals surface area contributed by atoms with E-state index >= 15 is 0 Å². The highest BCUT2D eigenvalue weighted by molar-refractivity contribution is 5.91. The zero-order valence-electron chi connectivity index (χ0n) is 14.8. The van der Waals surface area contributed by atoms with Crippen molar-refractivity contribution in [1.29, 1.82) is 0 Å². The van der Waals surface area contributed by atoms with Crippen LogP contribution < -0.4 is 16.4 Å². The minimum Gasteiger partial charge on any atom is -0.368 e. The molecule has 4 N–H and O–H groups in total. The Balaban J connectivity index is 1.69. The fourth-order valence-electron chi connectivity index (χ4n) is 3.29. The van der Waals surface area contributed by atoms with Crippen LogP contribution in [0.15, 0.2) is 54.7 Å². The molecule has 0 fully saturated rings. The van der Waals surface area contributed by atoms with E-state index in [0.717, 1.165) is 22.8 Å². The minimum atomic E-state index is 0.219. The molecule has 3 aromatic heterocycles. The van der Waals surface area contributed by atoms with Gasteiger partial charge in [0.15, 0.2) is 0 Å². The van der Waals surface area contributed by atoms with Gasteiger partial charge in [0.25, 0.3) is 0 Å². The molecule has 1 aliphatic rings. The van der Waals surface area contributed by atoms with Crippen LogP contribution in [0.25, 0.3) is 28.4 Å². The summed E-state index contributed by atoms with van der Waals surface area (Å²) >= 11 is 0. The monoisotopic (exact) mass is 368 g/mol. The minimum absolute atomic E-state index is 0.219. The third-order valence-corrected chi connectivity index (χ3v) is 4.54. The van der Waals surface area contributed by atoms with Gasteiger partial charge in [0.2, 0.25) is 11.9 Å². The molecule has 0 radical (unpaired) electrons. The number of aromatic nitrogens is 5. The lowest BCUT2D eigenvalue weighted by atomic mass is 10.1. The van der Waals surface area contributed by atoms with E-state index in [1.54, 1.807) is 6.20 Å². The smallest absolute Gasteiger partial charge is 0.221 e. The molecule has 0 saturated carbocycles. The van der Waals surface area contributed by atoms with Crippen molar-refractivity contribution in [2.75, 3.05) is 22.9 Å². The number of nitrogens with two attached hydrogens (primary N) is 2. The van der Waals surface area contributed by atoms with Gasteiger partial charge in [-0.05, 0) is 18.2 Å². The predicted octanol–water partition coefficient (Wildman–Crippen LogP) is 2.81. The van der Waals surface area contributed by atoms with Crippen molar-refractivity contribution >= 4 is 40.5 Å². The maximum Gasteiger partial charge on any atom is 0.221 e. The summed E-state index contributed by atoms with van der Waals surface area (Å²) in [6.07, 6.45) is 5.66. The summed E-state index contributed by atoms with van der Waals surface area (Å²) in [7, 11) is 0. The molecule has 1 aliphatic heterocycles. The summed E-state index contributed by atoms with van der Waals surface area (Å²) < 4.78 is 0. The Bertz CT molecular complexity index is 1220. The highest BCUT2D eigenvalue weighted by Gasteiger charge is 2.19. The van der Waals surface area contributed by atoms with Gasteiger partial charge in [0, 0.05) is 12.1 Å². The second-order valence-corrected chi connectivity index (χ2v) is 6.35. The molecule has 136 valence electrons. The summed E-state index contributed by atoms with van der Waals surface area (Å²) in [5.74, 6) is 1.21. The SMILES string of the molecule is Nc1ncc2c(n1)C=CCN2c1ccc2nc(N)nc(-c3ccccc3)c2n1. The van der Waals surface area contributed by atoms with Gasteiger partial charge < -0.3 is 16.4 Å². The van der Waals surface area contributed by atoms with E-state index in [9.17, 15) is 0 Å². The highest BCUT2D eigenvalue weighted by atomic mass is 15.2. The van der Waals surface area contributed by atoms with Crippen LogP contribution in [0.5, 0.6) is 0 Å². The van der Waals surface area contributed by atoms with Crippen LogP contribution in [0, 0.1) is 0 Å². The quantitative estimate of drug-likeness (QED) is 0.554. The van der Waals surface area contributed by atoms with E-state index in [1.807, 2.05) is 59.5 Å². The van der Waals surface area contributed by atoms with Gasteiger partial charge in [-0.2, -0.15) is 0 Å². The Hall–Kier alpha value is -4.07. The first-order valence-electron chi connectivity index (χ1n) is 8.75. The largest absolute Gasteiger partial charge is 0.368 e. The number of hydrogen-bond acceptors (Lipinski definition) is 8. The van der Waals surface area contributed by atoms with Gasteiger partial charge in [-0.1, -0.05) is 36.4 Å². The van der Waals surface area contributed by atoms with Crippen LogP contribution in [0.4, 0.5) is 23.4 Å². The number of anilines is 4. The topological polar surface area (TPSA) is 120 Å². The first-order chi connectivity index (χ1) is 13.7. The van der Waals surface area contributed by atoms with Gasteiger partial charge in [0.05, 0.1) is 23.1 Å². The molecule has 8 heteroatoms. The third kappa shape index (κ3) is 2.67. The van der Waals surface area contributed by atoms with E-state index in [-0.39, 0.29) is 11.9 Å². The Morgan fingerprint density at radius 2 is 1.71 bits per heavy atom. The molecule has 8 nitrogen and oxygen atoms in total. The Kier molecular flexibility index (Phi) is 3.61. The standard InChI is InChI=1S/C20H16N8/c21-19-23-11-15-13(24-19)7-4-10-28(15)16-9-8-14-18(26-16)17(27-20(22)25-14)12-5-2-1-3-6-12/h1-9,11H,10H2,(H2,21,23,24)(H2,22,25,27). The average molecular weight is 368 g/mol. The first kappa shape index (κ1) is 16.1. The lowest BCUT2D eigenvalue weighted by Crippen LogP contribution is -2.22. The number of nitrogens with zero attached hydrogens (tertiary/aromatic N) is 6. The van der Waals surface area contributed by atoms with Gasteiger partial charge in [-0.25, -0.2) is 24.9 Å². The maximum atomic E-state index is 5.92. The van der Waals surface area contributed by atoms with Crippen molar-refractivity contribution in [3.05, 3.63) is 60.4 Å². The fourth-order valence-corrected chi connectivity index (χ4v) is 3.29. The number of benzene rings is 1. The van der Waals surface area contributed by atoms with E-state index in [1.165, 1.54) is 0 Å². The molecular weight excluding hydrogens is 352 g/mol. The molecule has 0 unspecified atom stereocenters. The van der Waals surface area contributed by atoms with Crippen LogP contribution in [-0.4, -0.2) is 31.5 Å². The van der Waals surface area contributed by atoms with Crippen LogP contribution in [-0.2, 0) is 0 Å². The summed E-state index contributed by atoms with van der Waals surface area (Å²) in [4.78, 5) is 24.1. The van der Waals surface area contributed by atoms with Gasteiger partial charge in [-0.3, -0.25) is 0 Å². The molecular formula is C20H16N8. The number of pyridine rings is 1. The van der Waals surface area contributed by atoms with Crippen molar-refractivity contribution in [3.8, 4) is 11.3 Å². The summed E-state index contributed by atoms with van der Waals surface area (Å²) in [5, 5.41) is 0. The van der Waals surface area contributed by atoms with Crippen LogP contribution in [0.2, 0.25) is 0 Å². The van der Waals surface area contributed by atoms with Crippen molar-refractivity contribution < 1.29 is 0 Å². The molecule has 0 bridgehead atoms. The lowest BCUT2D eigenvalue weighted by Gasteiger charge is -2.26. The van der Waals surface area contributed by atoms with E-state index < -0.39 is 0 Å². The van der Waals surface area contributed by atoms with Crippen molar-refractivity contribution in [2.45, 2.75) is 0 Å². The van der Waals surface area contributed by atoms with Crippen molar-refractivity contribution in [3.63, 3.8) is 0 Å². The molecule has 0 spiro atoms. The second kappa shape index (κ2) is 6.27. The van der Waals surface area contributed by atoms with Crippen molar-refractivity contribution in [2.24, 2.45) is 0 Å². The molecule has 0 atom stereocenters. The zero-order valence-corrected chi connectivity index (χ0v) is 14.8. The van der Waals surface area contributed by atoms with Gasteiger partial charge >= 0.3 is 0 Å². The molecule has 5 rings (SSSR count). The number of hydrogen-bond donors (Lipinski definition) is 2. The van der Waals surface area contributed by atoms with E-state index in [0.29, 0.717) is 23.3 Å².